The van der Waals surface area contributed by atoms with Crippen molar-refractivity contribution in [2.24, 2.45) is 0 Å². The van der Waals surface area contributed by atoms with Gasteiger partial charge in [-0.05, 0) is 36.8 Å². The van der Waals surface area contributed by atoms with Gasteiger partial charge in [0.15, 0.2) is 0 Å². The molecule has 2 aromatic carbocycles. The second-order valence-electron chi connectivity index (χ2n) is 6.33. The Balaban J connectivity index is 1.91. The molecule has 6 heteroatoms. The molecular formula is C21H22N2O4. The Morgan fingerprint density at radius 3 is 2.44 bits per heavy atom. The average molecular weight is 366 g/mol. The molecule has 0 aliphatic carbocycles. The second-order valence-corrected chi connectivity index (χ2v) is 6.33. The number of benzene rings is 2. The van der Waals surface area contributed by atoms with Gasteiger partial charge >= 0.3 is 0 Å². The van der Waals surface area contributed by atoms with Gasteiger partial charge in [-0.2, -0.15) is 0 Å². The zero-order valence-corrected chi connectivity index (χ0v) is 15.5. The third kappa shape index (κ3) is 4.01. The number of carbonyl (C=O) groups is 1. The molecule has 1 amide bonds. The molecule has 0 fully saturated rings. The minimum atomic E-state index is -0.905. The van der Waals surface area contributed by atoms with E-state index < -0.39 is 6.10 Å². The van der Waals surface area contributed by atoms with E-state index in [1.807, 2.05) is 42.5 Å². The van der Waals surface area contributed by atoms with Gasteiger partial charge in [-0.15, -0.1) is 0 Å². The molecule has 1 N–H and O–H groups in total. The molecule has 1 heterocycles. The van der Waals surface area contributed by atoms with Crippen LogP contribution in [0.2, 0.25) is 0 Å². The molecule has 1 aromatic heterocycles. The van der Waals surface area contributed by atoms with E-state index in [-0.39, 0.29) is 11.7 Å². The first-order valence-electron chi connectivity index (χ1n) is 8.62. The highest BCUT2D eigenvalue weighted by Gasteiger charge is 2.28. The van der Waals surface area contributed by atoms with E-state index in [1.165, 1.54) is 0 Å². The van der Waals surface area contributed by atoms with Crippen molar-refractivity contribution >= 4 is 5.91 Å². The number of nitrogens with zero attached hydrogens (tertiary/aromatic N) is 2. The fourth-order valence-electron chi connectivity index (χ4n) is 2.90. The molecule has 0 aliphatic rings. The zero-order valence-electron chi connectivity index (χ0n) is 15.5. The first-order chi connectivity index (χ1) is 13.0. The summed E-state index contributed by atoms with van der Waals surface area (Å²) in [6, 6.07) is 16.9. The first-order valence-corrected chi connectivity index (χ1v) is 8.62. The standard InChI is InChI=1S/C21H22N2O4/c1-14(24)18-19(16-9-11-17(26-3)12-10-16)22-27-20(18)21(25)23(2)13-15-7-5-4-6-8-15/h4-12,14,24H,13H2,1-3H3. The monoisotopic (exact) mass is 366 g/mol. The molecule has 3 rings (SSSR count). The van der Waals surface area contributed by atoms with E-state index in [2.05, 4.69) is 5.16 Å². The maximum atomic E-state index is 12.9. The topological polar surface area (TPSA) is 75.8 Å². The van der Waals surface area contributed by atoms with E-state index in [1.54, 1.807) is 38.1 Å². The number of aromatic nitrogens is 1. The molecule has 0 spiro atoms. The van der Waals surface area contributed by atoms with Crippen LogP contribution in [0.4, 0.5) is 0 Å². The Kier molecular flexibility index (Phi) is 5.57. The highest BCUT2D eigenvalue weighted by Crippen LogP contribution is 2.32. The SMILES string of the molecule is COc1ccc(-c2noc(C(=O)N(C)Cc3ccccc3)c2C(C)O)cc1. The highest BCUT2D eigenvalue weighted by molar-refractivity contribution is 5.94. The minimum absolute atomic E-state index is 0.0502. The van der Waals surface area contributed by atoms with Crippen molar-refractivity contribution < 1.29 is 19.2 Å². The summed E-state index contributed by atoms with van der Waals surface area (Å²) >= 11 is 0. The third-order valence-corrected chi connectivity index (χ3v) is 4.31. The number of amides is 1. The smallest absolute Gasteiger partial charge is 0.292 e. The van der Waals surface area contributed by atoms with Crippen molar-refractivity contribution in [3.8, 4) is 17.0 Å². The second kappa shape index (κ2) is 8.05. The van der Waals surface area contributed by atoms with E-state index in [0.29, 0.717) is 23.6 Å². The van der Waals surface area contributed by atoms with Gasteiger partial charge in [0.1, 0.15) is 11.4 Å². The van der Waals surface area contributed by atoms with Crippen molar-refractivity contribution in [1.29, 1.82) is 0 Å². The van der Waals surface area contributed by atoms with Gasteiger partial charge in [-0.3, -0.25) is 4.79 Å². The van der Waals surface area contributed by atoms with Crippen molar-refractivity contribution in [3.63, 3.8) is 0 Å². The predicted octanol–water partition coefficient (Wildman–Crippen LogP) is 3.68. The fourth-order valence-corrected chi connectivity index (χ4v) is 2.90. The summed E-state index contributed by atoms with van der Waals surface area (Å²) in [7, 11) is 3.28. The number of carbonyl (C=O) groups excluding carboxylic acids is 1. The van der Waals surface area contributed by atoms with Crippen molar-refractivity contribution in [2.75, 3.05) is 14.2 Å². The summed E-state index contributed by atoms with van der Waals surface area (Å²) in [6.07, 6.45) is -0.905. The molecule has 0 radical (unpaired) electrons. The van der Waals surface area contributed by atoms with Crippen LogP contribution in [0, 0.1) is 0 Å². The Hall–Kier alpha value is -3.12. The lowest BCUT2D eigenvalue weighted by Crippen LogP contribution is -2.27. The maximum Gasteiger partial charge on any atom is 0.292 e. The maximum absolute atomic E-state index is 12.9. The molecular weight excluding hydrogens is 344 g/mol. The van der Waals surface area contributed by atoms with E-state index >= 15 is 0 Å². The summed E-state index contributed by atoms with van der Waals surface area (Å²) in [5, 5.41) is 14.3. The molecule has 27 heavy (non-hydrogen) atoms. The predicted molar refractivity (Wildman–Crippen MR) is 101 cm³/mol. The Bertz CT molecular complexity index is 902. The quantitative estimate of drug-likeness (QED) is 0.720. The Labute approximate surface area is 158 Å². The number of aliphatic hydroxyl groups is 1. The number of hydrogen-bond donors (Lipinski definition) is 1. The van der Waals surface area contributed by atoms with Crippen LogP contribution >= 0.6 is 0 Å². The highest BCUT2D eigenvalue weighted by atomic mass is 16.5. The van der Waals surface area contributed by atoms with Crippen molar-refractivity contribution in [1.82, 2.24) is 10.1 Å². The number of rotatable bonds is 6. The molecule has 0 saturated carbocycles. The molecule has 0 bridgehead atoms. The van der Waals surface area contributed by atoms with Crippen LogP contribution in [-0.2, 0) is 6.54 Å². The summed E-state index contributed by atoms with van der Waals surface area (Å²) in [5.41, 5.74) is 2.57. The zero-order chi connectivity index (χ0) is 19.4. The van der Waals surface area contributed by atoms with Crippen LogP contribution in [0.25, 0.3) is 11.3 Å². The molecule has 0 aliphatic heterocycles. The third-order valence-electron chi connectivity index (χ3n) is 4.31. The fraction of sp³-hybridized carbons (Fsp3) is 0.238. The number of methoxy groups -OCH3 is 1. The Morgan fingerprint density at radius 1 is 1.19 bits per heavy atom. The molecule has 1 unspecified atom stereocenters. The van der Waals surface area contributed by atoms with Gasteiger partial charge in [-0.1, -0.05) is 35.5 Å². The summed E-state index contributed by atoms with van der Waals surface area (Å²) in [6.45, 7) is 2.02. The normalized spacial score (nSPS) is 11.9. The van der Waals surface area contributed by atoms with Gasteiger partial charge in [0.25, 0.3) is 5.91 Å². The lowest BCUT2D eigenvalue weighted by Gasteiger charge is -2.17. The molecule has 3 aromatic rings. The lowest BCUT2D eigenvalue weighted by molar-refractivity contribution is 0.0735. The van der Waals surface area contributed by atoms with Gasteiger partial charge in [0.2, 0.25) is 5.76 Å². The summed E-state index contributed by atoms with van der Waals surface area (Å²) < 4.78 is 10.5. The molecule has 1 atom stereocenters. The molecule has 0 saturated heterocycles. The van der Waals surface area contributed by atoms with Gasteiger partial charge in [-0.25, -0.2) is 0 Å². The van der Waals surface area contributed by atoms with Gasteiger partial charge in [0, 0.05) is 19.2 Å². The van der Waals surface area contributed by atoms with Crippen LogP contribution in [-0.4, -0.2) is 35.2 Å². The largest absolute Gasteiger partial charge is 0.497 e. The van der Waals surface area contributed by atoms with Gasteiger partial charge in [0.05, 0.1) is 18.8 Å². The van der Waals surface area contributed by atoms with Crippen LogP contribution in [0.1, 0.15) is 34.7 Å². The first kappa shape index (κ1) is 18.7. The van der Waals surface area contributed by atoms with Crippen LogP contribution < -0.4 is 4.74 Å². The summed E-state index contributed by atoms with van der Waals surface area (Å²) in [4.78, 5) is 14.4. The van der Waals surface area contributed by atoms with Crippen LogP contribution in [0.5, 0.6) is 5.75 Å². The molecule has 140 valence electrons. The minimum Gasteiger partial charge on any atom is -0.497 e. The van der Waals surface area contributed by atoms with Crippen molar-refractivity contribution in [3.05, 3.63) is 71.5 Å². The Morgan fingerprint density at radius 2 is 1.85 bits per heavy atom. The van der Waals surface area contributed by atoms with Crippen LogP contribution in [0.3, 0.4) is 0 Å². The average Bonchev–Trinajstić information content (AvgIpc) is 3.13. The van der Waals surface area contributed by atoms with Crippen LogP contribution in [0.15, 0.2) is 59.1 Å². The number of hydrogen-bond acceptors (Lipinski definition) is 5. The number of aliphatic hydroxyl groups excluding tert-OH is 1. The van der Waals surface area contributed by atoms with E-state index in [9.17, 15) is 9.90 Å². The van der Waals surface area contributed by atoms with E-state index in [4.69, 9.17) is 9.26 Å². The van der Waals surface area contributed by atoms with Gasteiger partial charge < -0.3 is 19.3 Å². The van der Waals surface area contributed by atoms with Crippen molar-refractivity contribution in [2.45, 2.75) is 19.6 Å². The summed E-state index contributed by atoms with van der Waals surface area (Å²) in [5.74, 6) is 0.427. The lowest BCUT2D eigenvalue weighted by atomic mass is 10.0. The number of ether oxygens (including phenoxy) is 1. The van der Waals surface area contributed by atoms with E-state index in [0.717, 1.165) is 11.1 Å². The molecule has 6 nitrogen and oxygen atoms in total.